The normalized spacial score (nSPS) is 12.5. The van der Waals surface area contributed by atoms with Crippen molar-refractivity contribution >= 4 is 5.96 Å². The van der Waals surface area contributed by atoms with Crippen LogP contribution in [0.1, 0.15) is 39.0 Å². The summed E-state index contributed by atoms with van der Waals surface area (Å²) < 4.78 is 0. The SMILES string of the molecule is CCC(O)CCCCCN=C(N)N. The van der Waals surface area contributed by atoms with Gasteiger partial charge in [0, 0.05) is 6.54 Å². The van der Waals surface area contributed by atoms with E-state index in [-0.39, 0.29) is 12.1 Å². The van der Waals surface area contributed by atoms with Crippen molar-refractivity contribution in [2.75, 3.05) is 6.54 Å². The molecule has 0 aromatic rings. The van der Waals surface area contributed by atoms with E-state index in [1.165, 1.54) is 0 Å². The monoisotopic (exact) mass is 187 g/mol. The van der Waals surface area contributed by atoms with E-state index < -0.39 is 0 Å². The van der Waals surface area contributed by atoms with Crippen molar-refractivity contribution in [1.29, 1.82) is 0 Å². The van der Waals surface area contributed by atoms with Crippen LogP contribution < -0.4 is 11.5 Å². The zero-order valence-corrected chi connectivity index (χ0v) is 8.37. The molecule has 0 spiro atoms. The zero-order chi connectivity index (χ0) is 10.1. The van der Waals surface area contributed by atoms with Crippen LogP contribution in [0.25, 0.3) is 0 Å². The molecule has 1 atom stereocenters. The highest BCUT2D eigenvalue weighted by atomic mass is 16.3. The van der Waals surface area contributed by atoms with Crippen molar-refractivity contribution in [3.05, 3.63) is 0 Å². The summed E-state index contributed by atoms with van der Waals surface area (Å²) in [5.74, 6) is 0.161. The molecule has 0 rings (SSSR count). The molecule has 4 nitrogen and oxygen atoms in total. The average Bonchev–Trinajstić information content (AvgIpc) is 2.10. The second-order valence-corrected chi connectivity index (χ2v) is 3.22. The third-order valence-electron chi connectivity index (χ3n) is 1.96. The average molecular weight is 187 g/mol. The lowest BCUT2D eigenvalue weighted by atomic mass is 10.1. The Morgan fingerprint density at radius 1 is 1.31 bits per heavy atom. The fourth-order valence-corrected chi connectivity index (χ4v) is 1.08. The van der Waals surface area contributed by atoms with E-state index in [2.05, 4.69) is 4.99 Å². The maximum atomic E-state index is 9.24. The van der Waals surface area contributed by atoms with E-state index in [0.29, 0.717) is 6.54 Å². The number of nitrogens with two attached hydrogens (primary N) is 2. The highest BCUT2D eigenvalue weighted by Gasteiger charge is 1.98. The molecule has 0 bridgehead atoms. The molecule has 0 saturated carbocycles. The van der Waals surface area contributed by atoms with Gasteiger partial charge in [0.15, 0.2) is 5.96 Å². The Morgan fingerprint density at radius 2 is 2.00 bits per heavy atom. The molecule has 0 aliphatic heterocycles. The van der Waals surface area contributed by atoms with Gasteiger partial charge >= 0.3 is 0 Å². The first-order valence-electron chi connectivity index (χ1n) is 4.90. The van der Waals surface area contributed by atoms with Gasteiger partial charge in [-0.15, -0.1) is 0 Å². The van der Waals surface area contributed by atoms with E-state index in [4.69, 9.17) is 11.5 Å². The summed E-state index contributed by atoms with van der Waals surface area (Å²) in [6.45, 7) is 2.69. The molecular weight excluding hydrogens is 166 g/mol. The summed E-state index contributed by atoms with van der Waals surface area (Å²) in [6.07, 6.45) is 4.71. The molecule has 0 aromatic carbocycles. The van der Waals surface area contributed by atoms with Gasteiger partial charge in [0.2, 0.25) is 0 Å². The van der Waals surface area contributed by atoms with Gasteiger partial charge in [-0.25, -0.2) is 0 Å². The molecule has 0 fully saturated rings. The Balaban J connectivity index is 3.13. The number of hydrogen-bond donors (Lipinski definition) is 3. The Hall–Kier alpha value is -0.770. The Labute approximate surface area is 80.0 Å². The fourth-order valence-electron chi connectivity index (χ4n) is 1.08. The molecule has 0 aliphatic rings. The van der Waals surface area contributed by atoms with Crippen LogP contribution in [0.15, 0.2) is 4.99 Å². The molecule has 78 valence electrons. The van der Waals surface area contributed by atoms with Gasteiger partial charge in [-0.2, -0.15) is 0 Å². The lowest BCUT2D eigenvalue weighted by Gasteiger charge is -2.05. The summed E-state index contributed by atoms with van der Waals surface area (Å²) in [7, 11) is 0. The van der Waals surface area contributed by atoms with Crippen molar-refractivity contribution in [2.24, 2.45) is 16.5 Å². The van der Waals surface area contributed by atoms with E-state index in [0.717, 1.165) is 32.1 Å². The third kappa shape index (κ3) is 9.14. The van der Waals surface area contributed by atoms with Gasteiger partial charge in [0.1, 0.15) is 0 Å². The predicted molar refractivity (Wildman–Crippen MR) is 55.4 cm³/mol. The maximum absolute atomic E-state index is 9.24. The van der Waals surface area contributed by atoms with Crippen LogP contribution in [0.3, 0.4) is 0 Å². The summed E-state index contributed by atoms with van der Waals surface area (Å²) >= 11 is 0. The van der Waals surface area contributed by atoms with Crippen molar-refractivity contribution < 1.29 is 5.11 Å². The lowest BCUT2D eigenvalue weighted by Crippen LogP contribution is -2.22. The van der Waals surface area contributed by atoms with Crippen molar-refractivity contribution in [3.63, 3.8) is 0 Å². The molecule has 0 radical (unpaired) electrons. The van der Waals surface area contributed by atoms with E-state index in [9.17, 15) is 5.11 Å². The maximum Gasteiger partial charge on any atom is 0.185 e. The lowest BCUT2D eigenvalue weighted by molar-refractivity contribution is 0.156. The first kappa shape index (κ1) is 12.2. The van der Waals surface area contributed by atoms with Crippen LogP contribution in [0.5, 0.6) is 0 Å². The molecule has 4 heteroatoms. The number of hydrogen-bond acceptors (Lipinski definition) is 2. The van der Waals surface area contributed by atoms with Gasteiger partial charge in [0.25, 0.3) is 0 Å². The zero-order valence-electron chi connectivity index (χ0n) is 8.37. The number of guanidine groups is 1. The molecule has 0 aromatic heterocycles. The summed E-state index contributed by atoms with van der Waals surface area (Å²) in [4.78, 5) is 3.87. The standard InChI is InChI=1S/C9H21N3O/c1-2-8(13)6-4-3-5-7-12-9(10)11/h8,13H,2-7H2,1H3,(H4,10,11,12). The minimum atomic E-state index is -0.136. The molecule has 0 saturated heterocycles. The van der Waals surface area contributed by atoms with E-state index in [1.54, 1.807) is 0 Å². The summed E-state index contributed by atoms with van der Waals surface area (Å²) in [5.41, 5.74) is 10.3. The molecule has 0 amide bonds. The van der Waals surface area contributed by atoms with E-state index >= 15 is 0 Å². The van der Waals surface area contributed by atoms with E-state index in [1.807, 2.05) is 6.92 Å². The number of nitrogens with zero attached hydrogens (tertiary/aromatic N) is 1. The molecule has 0 aliphatic carbocycles. The summed E-state index contributed by atoms with van der Waals surface area (Å²) in [6, 6.07) is 0. The molecular formula is C9H21N3O. The molecule has 13 heavy (non-hydrogen) atoms. The van der Waals surface area contributed by atoms with Gasteiger partial charge in [-0.05, 0) is 19.3 Å². The van der Waals surface area contributed by atoms with Gasteiger partial charge in [-0.3, -0.25) is 4.99 Å². The quantitative estimate of drug-likeness (QED) is 0.310. The Morgan fingerprint density at radius 3 is 2.54 bits per heavy atom. The Kier molecular flexibility index (Phi) is 7.39. The topological polar surface area (TPSA) is 84.6 Å². The van der Waals surface area contributed by atoms with Crippen LogP contribution >= 0.6 is 0 Å². The first-order chi connectivity index (χ1) is 6.16. The van der Waals surface area contributed by atoms with Crippen LogP contribution in [-0.4, -0.2) is 23.7 Å². The molecule has 1 unspecified atom stereocenters. The summed E-state index contributed by atoms with van der Waals surface area (Å²) in [5, 5.41) is 9.24. The Bertz CT molecular complexity index is 144. The van der Waals surface area contributed by atoms with Crippen molar-refractivity contribution in [1.82, 2.24) is 0 Å². The highest BCUT2D eigenvalue weighted by molar-refractivity contribution is 5.75. The second-order valence-electron chi connectivity index (χ2n) is 3.22. The highest BCUT2D eigenvalue weighted by Crippen LogP contribution is 2.05. The second kappa shape index (κ2) is 7.86. The van der Waals surface area contributed by atoms with Crippen LogP contribution in [0.4, 0.5) is 0 Å². The molecule has 0 heterocycles. The van der Waals surface area contributed by atoms with Gasteiger partial charge < -0.3 is 16.6 Å². The number of aliphatic imine (C=N–C) groups is 1. The largest absolute Gasteiger partial charge is 0.393 e. The minimum absolute atomic E-state index is 0.136. The van der Waals surface area contributed by atoms with Crippen molar-refractivity contribution in [3.8, 4) is 0 Å². The van der Waals surface area contributed by atoms with Gasteiger partial charge in [-0.1, -0.05) is 19.8 Å². The first-order valence-corrected chi connectivity index (χ1v) is 4.90. The predicted octanol–water partition coefficient (Wildman–Crippen LogP) is 0.591. The number of aliphatic hydroxyl groups is 1. The molecule has 5 N–H and O–H groups in total. The van der Waals surface area contributed by atoms with Crippen LogP contribution in [0, 0.1) is 0 Å². The number of rotatable bonds is 7. The number of aliphatic hydroxyl groups excluding tert-OH is 1. The smallest absolute Gasteiger partial charge is 0.185 e. The number of unbranched alkanes of at least 4 members (excludes halogenated alkanes) is 2. The minimum Gasteiger partial charge on any atom is -0.393 e. The third-order valence-corrected chi connectivity index (χ3v) is 1.96. The fraction of sp³-hybridized carbons (Fsp3) is 0.889. The van der Waals surface area contributed by atoms with Crippen molar-refractivity contribution in [2.45, 2.75) is 45.1 Å². The van der Waals surface area contributed by atoms with Crippen LogP contribution in [0.2, 0.25) is 0 Å². The van der Waals surface area contributed by atoms with Crippen LogP contribution in [-0.2, 0) is 0 Å². The van der Waals surface area contributed by atoms with Gasteiger partial charge in [0.05, 0.1) is 6.10 Å².